The smallest absolute Gasteiger partial charge is 0.251 e. The average molecular weight is 365 g/mol. The molecule has 0 bridgehead atoms. The van der Waals surface area contributed by atoms with Gasteiger partial charge in [0.2, 0.25) is 0 Å². The Labute approximate surface area is 157 Å². The number of amides is 1. The van der Waals surface area contributed by atoms with Crippen LogP contribution in [-0.2, 0) is 13.1 Å². The highest BCUT2D eigenvalue weighted by Crippen LogP contribution is 2.13. The van der Waals surface area contributed by atoms with E-state index in [9.17, 15) is 9.18 Å². The van der Waals surface area contributed by atoms with Gasteiger partial charge < -0.3 is 15.4 Å². The van der Waals surface area contributed by atoms with Crippen molar-refractivity contribution in [1.82, 2.24) is 10.3 Å². The third-order valence-electron chi connectivity index (χ3n) is 4.05. The lowest BCUT2D eigenvalue weighted by Crippen LogP contribution is -2.23. The van der Waals surface area contributed by atoms with Crippen LogP contribution >= 0.6 is 0 Å². The minimum atomic E-state index is -0.279. The maximum absolute atomic E-state index is 13.7. The summed E-state index contributed by atoms with van der Waals surface area (Å²) in [5.74, 6) is 0.792. The van der Waals surface area contributed by atoms with Crippen molar-refractivity contribution in [2.45, 2.75) is 13.1 Å². The summed E-state index contributed by atoms with van der Waals surface area (Å²) in [5, 5.41) is 5.91. The maximum Gasteiger partial charge on any atom is 0.251 e. The van der Waals surface area contributed by atoms with Crippen molar-refractivity contribution < 1.29 is 13.9 Å². The Kier molecular flexibility index (Phi) is 5.99. The molecule has 1 aromatic heterocycles. The second kappa shape index (κ2) is 8.80. The van der Waals surface area contributed by atoms with Crippen LogP contribution in [0, 0.1) is 5.82 Å². The first kappa shape index (κ1) is 18.4. The van der Waals surface area contributed by atoms with Gasteiger partial charge in [-0.3, -0.25) is 4.79 Å². The molecule has 138 valence electrons. The van der Waals surface area contributed by atoms with Crippen LogP contribution in [0.4, 0.5) is 10.2 Å². The van der Waals surface area contributed by atoms with Gasteiger partial charge in [0.05, 0.1) is 7.11 Å². The van der Waals surface area contributed by atoms with Crippen molar-refractivity contribution in [3.8, 4) is 5.75 Å². The molecule has 0 atom stereocenters. The number of ether oxygens (including phenoxy) is 1. The summed E-state index contributed by atoms with van der Waals surface area (Å²) in [5.41, 5.74) is 1.99. The monoisotopic (exact) mass is 365 g/mol. The van der Waals surface area contributed by atoms with Crippen LogP contribution in [0.25, 0.3) is 0 Å². The number of hydrogen-bond acceptors (Lipinski definition) is 4. The number of carbonyl (C=O) groups is 1. The van der Waals surface area contributed by atoms with Crippen LogP contribution in [0.1, 0.15) is 21.5 Å². The number of halogens is 1. The third kappa shape index (κ3) is 5.04. The Bertz CT molecular complexity index is 913. The Morgan fingerprint density at radius 2 is 1.85 bits per heavy atom. The number of benzene rings is 2. The van der Waals surface area contributed by atoms with E-state index in [-0.39, 0.29) is 18.3 Å². The second-order valence-electron chi connectivity index (χ2n) is 5.91. The molecule has 0 saturated heterocycles. The first-order valence-corrected chi connectivity index (χ1v) is 8.50. The van der Waals surface area contributed by atoms with Crippen LogP contribution in [0.15, 0.2) is 66.9 Å². The lowest BCUT2D eigenvalue weighted by molar-refractivity contribution is 0.0951. The van der Waals surface area contributed by atoms with Crippen LogP contribution in [0.5, 0.6) is 5.75 Å². The van der Waals surface area contributed by atoms with E-state index < -0.39 is 0 Å². The van der Waals surface area contributed by atoms with Crippen molar-refractivity contribution in [3.63, 3.8) is 0 Å². The summed E-state index contributed by atoms with van der Waals surface area (Å²) in [7, 11) is 1.61. The van der Waals surface area contributed by atoms with E-state index in [4.69, 9.17) is 4.74 Å². The molecule has 1 heterocycles. The number of hydrogen-bond donors (Lipinski definition) is 2. The lowest BCUT2D eigenvalue weighted by atomic mass is 10.2. The van der Waals surface area contributed by atoms with Crippen LogP contribution in [0.3, 0.4) is 0 Å². The fourth-order valence-corrected chi connectivity index (χ4v) is 2.52. The van der Waals surface area contributed by atoms with Gasteiger partial charge in [-0.2, -0.15) is 0 Å². The Hall–Kier alpha value is -3.41. The van der Waals surface area contributed by atoms with E-state index in [1.807, 2.05) is 24.3 Å². The van der Waals surface area contributed by atoms with Gasteiger partial charge in [-0.25, -0.2) is 9.37 Å². The molecule has 0 spiro atoms. The number of carbonyl (C=O) groups excluding carboxylic acids is 1. The number of pyridine rings is 1. The zero-order valence-corrected chi connectivity index (χ0v) is 14.9. The number of methoxy groups -OCH3 is 1. The minimum absolute atomic E-state index is 0.206. The molecule has 27 heavy (non-hydrogen) atoms. The Balaban J connectivity index is 1.58. The normalized spacial score (nSPS) is 10.3. The summed E-state index contributed by atoms with van der Waals surface area (Å²) in [4.78, 5) is 16.5. The Morgan fingerprint density at radius 1 is 1.07 bits per heavy atom. The maximum atomic E-state index is 13.7. The molecule has 1 amide bonds. The molecule has 0 unspecified atom stereocenters. The average Bonchev–Trinajstić information content (AvgIpc) is 2.72. The molecule has 0 aliphatic rings. The van der Waals surface area contributed by atoms with Crippen LogP contribution in [0.2, 0.25) is 0 Å². The quantitative estimate of drug-likeness (QED) is 0.669. The van der Waals surface area contributed by atoms with Gasteiger partial charge in [-0.05, 0) is 35.9 Å². The van der Waals surface area contributed by atoms with Crippen molar-refractivity contribution in [1.29, 1.82) is 0 Å². The summed E-state index contributed by atoms with van der Waals surface area (Å²) in [6.45, 7) is 0.694. The largest absolute Gasteiger partial charge is 0.497 e. The molecule has 0 aliphatic heterocycles. The van der Waals surface area contributed by atoms with Crippen LogP contribution in [-0.4, -0.2) is 18.0 Å². The summed E-state index contributed by atoms with van der Waals surface area (Å²) in [6.07, 6.45) is 1.55. The zero-order chi connectivity index (χ0) is 19.1. The SMILES string of the molecule is COc1ccc(CNC(=O)c2ccnc(NCc3ccccc3F)c2)cc1. The van der Waals surface area contributed by atoms with Gasteiger partial charge in [0.1, 0.15) is 17.4 Å². The highest BCUT2D eigenvalue weighted by molar-refractivity contribution is 5.94. The van der Waals surface area contributed by atoms with E-state index in [0.29, 0.717) is 23.5 Å². The molecule has 5 nitrogen and oxygen atoms in total. The fraction of sp³-hybridized carbons (Fsp3) is 0.143. The molecule has 0 aliphatic carbocycles. The Morgan fingerprint density at radius 3 is 2.59 bits per heavy atom. The lowest BCUT2D eigenvalue weighted by Gasteiger charge is -2.09. The van der Waals surface area contributed by atoms with E-state index in [1.165, 1.54) is 6.07 Å². The molecular formula is C21H20FN3O2. The van der Waals surface area contributed by atoms with Crippen molar-refractivity contribution >= 4 is 11.7 Å². The summed E-state index contributed by atoms with van der Waals surface area (Å²) < 4.78 is 18.8. The van der Waals surface area contributed by atoms with Gasteiger partial charge in [-0.15, -0.1) is 0 Å². The topological polar surface area (TPSA) is 63.2 Å². The van der Waals surface area contributed by atoms with E-state index in [1.54, 1.807) is 43.6 Å². The van der Waals surface area contributed by atoms with Gasteiger partial charge >= 0.3 is 0 Å². The number of anilines is 1. The second-order valence-corrected chi connectivity index (χ2v) is 5.91. The molecule has 6 heteroatoms. The molecule has 3 rings (SSSR count). The van der Waals surface area contributed by atoms with E-state index in [2.05, 4.69) is 15.6 Å². The minimum Gasteiger partial charge on any atom is -0.497 e. The number of nitrogens with one attached hydrogen (secondary N) is 2. The van der Waals surface area contributed by atoms with Gasteiger partial charge in [0.15, 0.2) is 0 Å². The first-order valence-electron chi connectivity index (χ1n) is 8.50. The fourth-order valence-electron chi connectivity index (χ4n) is 2.52. The van der Waals surface area contributed by atoms with Crippen molar-refractivity contribution in [2.75, 3.05) is 12.4 Å². The van der Waals surface area contributed by atoms with Crippen molar-refractivity contribution in [2.24, 2.45) is 0 Å². The zero-order valence-electron chi connectivity index (χ0n) is 14.9. The van der Waals surface area contributed by atoms with E-state index >= 15 is 0 Å². The molecule has 0 fully saturated rings. The predicted molar refractivity (Wildman–Crippen MR) is 102 cm³/mol. The summed E-state index contributed by atoms with van der Waals surface area (Å²) >= 11 is 0. The van der Waals surface area contributed by atoms with Gasteiger partial charge in [0.25, 0.3) is 5.91 Å². The van der Waals surface area contributed by atoms with Gasteiger partial charge in [0, 0.05) is 30.4 Å². The molecule has 3 aromatic rings. The number of aromatic nitrogens is 1. The number of rotatable bonds is 7. The molecule has 2 N–H and O–H groups in total. The summed E-state index contributed by atoms with van der Waals surface area (Å²) in [6, 6.07) is 17.3. The van der Waals surface area contributed by atoms with Gasteiger partial charge in [-0.1, -0.05) is 30.3 Å². The number of nitrogens with zero attached hydrogens (tertiary/aromatic N) is 1. The van der Waals surface area contributed by atoms with Crippen molar-refractivity contribution in [3.05, 3.63) is 89.4 Å². The molecule has 2 aromatic carbocycles. The first-order chi connectivity index (χ1) is 13.2. The molecule has 0 radical (unpaired) electrons. The predicted octanol–water partition coefficient (Wildman–Crippen LogP) is 3.77. The highest BCUT2D eigenvalue weighted by atomic mass is 19.1. The third-order valence-corrected chi connectivity index (χ3v) is 4.05. The molecular weight excluding hydrogens is 345 g/mol. The molecule has 0 saturated carbocycles. The van der Waals surface area contributed by atoms with Crippen LogP contribution < -0.4 is 15.4 Å². The highest BCUT2D eigenvalue weighted by Gasteiger charge is 2.08. The standard InChI is InChI=1S/C21H20FN3O2/c1-27-18-8-6-15(7-9-18)13-25-21(26)16-10-11-23-20(12-16)24-14-17-4-2-3-5-19(17)22/h2-12H,13-14H2,1H3,(H,23,24)(H,25,26). The van der Waals surface area contributed by atoms with E-state index in [0.717, 1.165) is 11.3 Å².